The van der Waals surface area contributed by atoms with Crippen LogP contribution < -0.4 is 5.32 Å². The van der Waals surface area contributed by atoms with Crippen LogP contribution in [0.25, 0.3) is 0 Å². The van der Waals surface area contributed by atoms with Crippen molar-refractivity contribution in [3.05, 3.63) is 22.0 Å². The molecular weight excluding hydrogens is 188 g/mol. The van der Waals surface area contributed by atoms with Crippen molar-refractivity contribution in [1.29, 1.82) is 0 Å². The van der Waals surface area contributed by atoms with E-state index in [-0.39, 0.29) is 18.1 Å². The smallest absolute Gasteiger partial charge is 0.309 e. The predicted molar refractivity (Wildman–Crippen MR) is 47.7 cm³/mol. The molecule has 0 aromatic carbocycles. The second-order valence-corrected chi connectivity index (χ2v) is 2.73. The van der Waals surface area contributed by atoms with E-state index < -0.39 is 4.92 Å². The molecule has 0 unspecified atom stereocenters. The summed E-state index contributed by atoms with van der Waals surface area (Å²) in [5, 5.41) is 16.7. The number of aromatic nitrogens is 2. The molecule has 0 atom stereocenters. The lowest BCUT2D eigenvalue weighted by Crippen LogP contribution is -2.23. The van der Waals surface area contributed by atoms with E-state index in [2.05, 4.69) is 10.4 Å². The molecule has 76 valence electrons. The molecular formula is C7H10N4O3. The first-order valence-corrected chi connectivity index (χ1v) is 3.93. The minimum Gasteiger partial charge on any atom is -0.358 e. The third-order valence-corrected chi connectivity index (χ3v) is 1.70. The molecule has 1 heterocycles. The largest absolute Gasteiger partial charge is 0.358 e. The zero-order valence-corrected chi connectivity index (χ0v) is 7.85. The number of amides is 1. The maximum atomic E-state index is 10.9. The molecule has 1 aromatic heterocycles. The molecule has 0 spiro atoms. The number of hydrogen-bond acceptors (Lipinski definition) is 4. The molecule has 0 aliphatic carbocycles. The minimum atomic E-state index is -0.525. The van der Waals surface area contributed by atoms with Crippen molar-refractivity contribution in [3.63, 3.8) is 0 Å². The first-order chi connectivity index (χ1) is 6.54. The second kappa shape index (κ2) is 3.86. The van der Waals surface area contributed by atoms with Crippen molar-refractivity contribution >= 4 is 11.6 Å². The zero-order chi connectivity index (χ0) is 10.7. The number of hydrogen-bond donors (Lipinski definition) is 1. The summed E-state index contributed by atoms with van der Waals surface area (Å²) in [5.74, 6) is -0.248. The molecule has 0 saturated heterocycles. The summed E-state index contributed by atoms with van der Waals surface area (Å²) in [6.07, 6.45) is 1.24. The van der Waals surface area contributed by atoms with Crippen LogP contribution in [-0.4, -0.2) is 27.7 Å². The standard InChI is InChI=1S/C7H10N4O3/c1-5-6(11(13)14)3-10(9-5)4-7(12)8-2/h3H,4H2,1-2H3,(H,8,12). The molecule has 1 aromatic rings. The summed E-state index contributed by atoms with van der Waals surface area (Å²) in [6.45, 7) is 1.52. The predicted octanol–water partition coefficient (Wildman–Crippen LogP) is -0.154. The number of nitrogens with one attached hydrogen (secondary N) is 1. The van der Waals surface area contributed by atoms with Crippen LogP contribution in [0.15, 0.2) is 6.20 Å². The molecule has 0 fully saturated rings. The van der Waals surface area contributed by atoms with Gasteiger partial charge >= 0.3 is 5.69 Å². The highest BCUT2D eigenvalue weighted by atomic mass is 16.6. The minimum absolute atomic E-state index is 0.00875. The van der Waals surface area contributed by atoms with Gasteiger partial charge in [0.25, 0.3) is 0 Å². The molecule has 0 bridgehead atoms. The van der Waals surface area contributed by atoms with Crippen molar-refractivity contribution in [2.24, 2.45) is 0 Å². The number of carbonyl (C=O) groups excluding carboxylic acids is 1. The Balaban J connectivity index is 2.86. The second-order valence-electron chi connectivity index (χ2n) is 2.73. The summed E-state index contributed by atoms with van der Waals surface area (Å²) >= 11 is 0. The summed E-state index contributed by atoms with van der Waals surface area (Å²) in [4.78, 5) is 20.8. The summed E-state index contributed by atoms with van der Waals surface area (Å²) in [5.41, 5.74) is 0.229. The lowest BCUT2D eigenvalue weighted by Gasteiger charge is -1.97. The lowest BCUT2D eigenvalue weighted by atomic mass is 10.4. The van der Waals surface area contributed by atoms with Crippen LogP contribution in [0.4, 0.5) is 5.69 Å². The van der Waals surface area contributed by atoms with E-state index >= 15 is 0 Å². The number of nitrogens with zero attached hydrogens (tertiary/aromatic N) is 3. The highest BCUT2D eigenvalue weighted by Gasteiger charge is 2.15. The van der Waals surface area contributed by atoms with Gasteiger partial charge in [-0.2, -0.15) is 5.10 Å². The lowest BCUT2D eigenvalue weighted by molar-refractivity contribution is -0.385. The van der Waals surface area contributed by atoms with E-state index in [4.69, 9.17) is 0 Å². The van der Waals surface area contributed by atoms with Crippen molar-refractivity contribution < 1.29 is 9.72 Å². The van der Waals surface area contributed by atoms with E-state index in [9.17, 15) is 14.9 Å². The monoisotopic (exact) mass is 198 g/mol. The van der Waals surface area contributed by atoms with Crippen LogP contribution in [0.3, 0.4) is 0 Å². The van der Waals surface area contributed by atoms with Gasteiger partial charge in [0.05, 0.1) is 4.92 Å². The van der Waals surface area contributed by atoms with Gasteiger partial charge in [0.1, 0.15) is 18.4 Å². The first kappa shape index (κ1) is 10.2. The van der Waals surface area contributed by atoms with Gasteiger partial charge < -0.3 is 5.32 Å². The van der Waals surface area contributed by atoms with Crippen LogP contribution in [0.2, 0.25) is 0 Å². The molecule has 1 N–H and O–H groups in total. The Morgan fingerprint density at radius 3 is 2.86 bits per heavy atom. The maximum Gasteiger partial charge on any atom is 0.309 e. The Morgan fingerprint density at radius 2 is 2.43 bits per heavy atom. The number of nitro groups is 1. The van der Waals surface area contributed by atoms with Crippen LogP contribution in [0.5, 0.6) is 0 Å². The average Bonchev–Trinajstić information content (AvgIpc) is 2.46. The quantitative estimate of drug-likeness (QED) is 0.540. The third kappa shape index (κ3) is 2.06. The highest BCUT2D eigenvalue weighted by Crippen LogP contribution is 2.14. The van der Waals surface area contributed by atoms with Gasteiger partial charge in [0.15, 0.2) is 0 Å². The van der Waals surface area contributed by atoms with Crippen LogP contribution in [0.1, 0.15) is 5.69 Å². The van der Waals surface area contributed by atoms with Crippen LogP contribution in [0, 0.1) is 17.0 Å². The number of aryl methyl sites for hydroxylation is 1. The Kier molecular flexibility index (Phi) is 2.80. The van der Waals surface area contributed by atoms with Gasteiger partial charge in [-0.25, -0.2) is 0 Å². The molecule has 0 radical (unpaired) electrons. The van der Waals surface area contributed by atoms with Gasteiger partial charge in [-0.05, 0) is 6.92 Å². The maximum absolute atomic E-state index is 10.9. The Hall–Kier alpha value is -1.92. The summed E-state index contributed by atoms with van der Waals surface area (Å²) < 4.78 is 1.24. The fourth-order valence-corrected chi connectivity index (χ4v) is 0.994. The molecule has 0 aliphatic heterocycles. The van der Waals surface area contributed by atoms with Crippen molar-refractivity contribution in [3.8, 4) is 0 Å². The number of carbonyl (C=O) groups is 1. The summed E-state index contributed by atoms with van der Waals surface area (Å²) in [7, 11) is 1.49. The van der Waals surface area contributed by atoms with Crippen molar-refractivity contribution in [1.82, 2.24) is 15.1 Å². The number of rotatable bonds is 3. The van der Waals surface area contributed by atoms with Gasteiger partial charge in [-0.1, -0.05) is 0 Å². The molecule has 0 saturated carbocycles. The molecule has 1 amide bonds. The molecule has 0 aliphatic rings. The van der Waals surface area contributed by atoms with E-state index in [0.717, 1.165) is 0 Å². The van der Waals surface area contributed by atoms with Crippen molar-refractivity contribution in [2.75, 3.05) is 7.05 Å². The van der Waals surface area contributed by atoms with E-state index in [1.54, 1.807) is 0 Å². The third-order valence-electron chi connectivity index (χ3n) is 1.70. The van der Waals surface area contributed by atoms with Crippen molar-refractivity contribution in [2.45, 2.75) is 13.5 Å². The fourth-order valence-electron chi connectivity index (χ4n) is 0.994. The Morgan fingerprint density at radius 1 is 1.79 bits per heavy atom. The average molecular weight is 198 g/mol. The van der Waals surface area contributed by atoms with E-state index in [0.29, 0.717) is 5.69 Å². The Bertz CT molecular complexity index is 371. The molecule has 1 rings (SSSR count). The topological polar surface area (TPSA) is 90.1 Å². The first-order valence-electron chi connectivity index (χ1n) is 3.93. The van der Waals surface area contributed by atoms with Gasteiger partial charge in [0.2, 0.25) is 5.91 Å². The SMILES string of the molecule is CNC(=O)Cn1cc([N+](=O)[O-])c(C)n1. The van der Waals surface area contributed by atoms with Crippen LogP contribution >= 0.6 is 0 Å². The molecule has 7 nitrogen and oxygen atoms in total. The zero-order valence-electron chi connectivity index (χ0n) is 7.85. The van der Waals surface area contributed by atoms with Gasteiger partial charge in [-0.3, -0.25) is 19.6 Å². The summed E-state index contributed by atoms with van der Waals surface area (Å²) in [6, 6.07) is 0. The normalized spacial score (nSPS) is 9.86. The Labute approximate surface area is 79.9 Å². The molecule has 14 heavy (non-hydrogen) atoms. The van der Waals surface area contributed by atoms with Gasteiger partial charge in [-0.15, -0.1) is 0 Å². The molecule has 7 heteroatoms. The van der Waals surface area contributed by atoms with Crippen LogP contribution in [-0.2, 0) is 11.3 Å². The number of likely N-dealkylation sites (N-methyl/N-ethyl adjacent to an activating group) is 1. The van der Waals surface area contributed by atoms with E-state index in [1.165, 1.54) is 24.9 Å². The van der Waals surface area contributed by atoms with E-state index in [1.807, 2.05) is 0 Å². The fraction of sp³-hybridized carbons (Fsp3) is 0.429. The highest BCUT2D eigenvalue weighted by molar-refractivity contribution is 5.75. The van der Waals surface area contributed by atoms with Gasteiger partial charge in [0, 0.05) is 7.05 Å².